The van der Waals surface area contributed by atoms with Crippen molar-refractivity contribution in [3.05, 3.63) is 0 Å². The lowest BCUT2D eigenvalue weighted by molar-refractivity contribution is 0.363. The van der Waals surface area contributed by atoms with Gasteiger partial charge in [0.15, 0.2) is 9.76 Å². The van der Waals surface area contributed by atoms with Gasteiger partial charge in [-0.05, 0) is 6.92 Å². The van der Waals surface area contributed by atoms with E-state index in [4.69, 9.17) is 4.43 Å². The van der Waals surface area contributed by atoms with Crippen LogP contribution in [-0.2, 0) is 4.43 Å². The van der Waals surface area contributed by atoms with Gasteiger partial charge in [0, 0.05) is 16.8 Å². The maximum absolute atomic E-state index is 5.16. The third kappa shape index (κ3) is 4.39. The SMILES string of the molecule is CCO[SiH2]C[SiH3]. The van der Waals surface area contributed by atoms with Gasteiger partial charge >= 0.3 is 0 Å². The molecular formula is C3H12OSi2. The van der Waals surface area contributed by atoms with E-state index in [-0.39, 0.29) is 9.76 Å². The average Bonchev–Trinajstić information content (AvgIpc) is 1.61. The van der Waals surface area contributed by atoms with Crippen molar-refractivity contribution in [2.45, 2.75) is 12.6 Å². The molecule has 0 aliphatic rings. The maximum atomic E-state index is 5.16. The zero-order chi connectivity index (χ0) is 4.83. The fraction of sp³-hybridized carbons (Fsp3) is 1.00. The molecule has 0 aromatic heterocycles. The van der Waals surface area contributed by atoms with Crippen LogP contribution < -0.4 is 0 Å². The second-order valence-corrected chi connectivity index (χ2v) is 6.01. The Bertz CT molecular complexity index is 20.8. The largest absolute Gasteiger partial charge is 0.425 e. The zero-order valence-corrected chi connectivity index (χ0v) is 7.94. The molecule has 0 saturated heterocycles. The van der Waals surface area contributed by atoms with Crippen LogP contribution in [0.15, 0.2) is 0 Å². The van der Waals surface area contributed by atoms with Crippen LogP contribution in [0.4, 0.5) is 0 Å². The molecule has 0 N–H and O–H groups in total. The van der Waals surface area contributed by atoms with Crippen molar-refractivity contribution in [2.24, 2.45) is 0 Å². The van der Waals surface area contributed by atoms with Gasteiger partial charge in [0.1, 0.15) is 0 Å². The highest BCUT2D eigenvalue weighted by Crippen LogP contribution is 1.69. The van der Waals surface area contributed by atoms with E-state index < -0.39 is 0 Å². The van der Waals surface area contributed by atoms with Crippen LogP contribution in [0.5, 0.6) is 0 Å². The van der Waals surface area contributed by atoms with E-state index in [1.807, 2.05) is 0 Å². The molecule has 38 valence electrons. The molecule has 0 fully saturated rings. The third-order valence-corrected chi connectivity index (χ3v) is 2.88. The Labute approximate surface area is 44.5 Å². The van der Waals surface area contributed by atoms with Gasteiger partial charge in [-0.2, -0.15) is 0 Å². The van der Waals surface area contributed by atoms with Crippen LogP contribution in [0.25, 0.3) is 0 Å². The molecule has 0 aromatic rings. The fourth-order valence-electron chi connectivity index (χ4n) is 0.289. The molecular weight excluding hydrogens is 108 g/mol. The Morgan fingerprint density at radius 3 is 2.67 bits per heavy atom. The molecule has 0 unspecified atom stereocenters. The van der Waals surface area contributed by atoms with Gasteiger partial charge in [0.25, 0.3) is 0 Å². The van der Waals surface area contributed by atoms with Crippen molar-refractivity contribution in [3.8, 4) is 0 Å². The summed E-state index contributed by atoms with van der Waals surface area (Å²) in [5, 5.41) is 0. The van der Waals surface area contributed by atoms with Crippen molar-refractivity contribution < 1.29 is 4.43 Å². The van der Waals surface area contributed by atoms with Gasteiger partial charge in [0.05, 0.1) is 0 Å². The predicted molar refractivity (Wildman–Crippen MR) is 34.9 cm³/mol. The van der Waals surface area contributed by atoms with Crippen molar-refractivity contribution in [3.63, 3.8) is 0 Å². The van der Waals surface area contributed by atoms with E-state index in [0.717, 1.165) is 6.61 Å². The number of hydrogen-bond acceptors (Lipinski definition) is 1. The number of rotatable bonds is 3. The molecule has 0 aliphatic heterocycles. The molecule has 1 nitrogen and oxygen atoms in total. The molecule has 0 aromatic carbocycles. The Kier molecular flexibility index (Phi) is 5.75. The molecule has 6 heavy (non-hydrogen) atoms. The Hall–Kier alpha value is 0.394. The maximum Gasteiger partial charge on any atom is 0.158 e. The Balaban J connectivity index is 2.34. The molecule has 0 radical (unpaired) electrons. The van der Waals surface area contributed by atoms with E-state index >= 15 is 0 Å². The summed E-state index contributed by atoms with van der Waals surface area (Å²) in [6.07, 6.45) is 0. The lowest BCUT2D eigenvalue weighted by atomic mass is 10.9. The lowest BCUT2D eigenvalue weighted by Crippen LogP contribution is -1.95. The predicted octanol–water partition coefficient (Wildman–Crippen LogP) is -1.15. The smallest absolute Gasteiger partial charge is 0.158 e. The second kappa shape index (κ2) is 5.39. The zero-order valence-electron chi connectivity index (χ0n) is 4.53. The van der Waals surface area contributed by atoms with Gasteiger partial charge in [-0.3, -0.25) is 0 Å². The summed E-state index contributed by atoms with van der Waals surface area (Å²) in [6, 6.07) is 0. The molecule has 0 saturated carbocycles. The molecule has 0 spiro atoms. The molecule has 0 bridgehead atoms. The monoisotopic (exact) mass is 120 g/mol. The molecule has 0 atom stereocenters. The quantitative estimate of drug-likeness (QED) is 0.337. The topological polar surface area (TPSA) is 9.23 Å². The summed E-state index contributed by atoms with van der Waals surface area (Å²) in [7, 11) is 1.32. The molecule has 3 heteroatoms. The van der Waals surface area contributed by atoms with Crippen molar-refractivity contribution in [1.29, 1.82) is 0 Å². The van der Waals surface area contributed by atoms with Gasteiger partial charge in [-0.1, -0.05) is 5.67 Å². The first-order chi connectivity index (χ1) is 2.91. The van der Waals surface area contributed by atoms with Gasteiger partial charge in [0.2, 0.25) is 0 Å². The van der Waals surface area contributed by atoms with Gasteiger partial charge < -0.3 is 4.43 Å². The van der Waals surface area contributed by atoms with E-state index in [1.54, 1.807) is 0 Å². The third-order valence-electron chi connectivity index (χ3n) is 0.553. The van der Waals surface area contributed by atoms with E-state index in [9.17, 15) is 0 Å². The molecule has 0 heterocycles. The Morgan fingerprint density at radius 2 is 2.50 bits per heavy atom. The van der Waals surface area contributed by atoms with Crippen molar-refractivity contribution in [1.82, 2.24) is 0 Å². The first-order valence-corrected chi connectivity index (χ1v) is 5.48. The number of hydrogen-bond donors (Lipinski definition) is 0. The van der Waals surface area contributed by atoms with Crippen LogP contribution in [0.1, 0.15) is 6.92 Å². The fourth-order valence-corrected chi connectivity index (χ4v) is 1.73. The molecule has 0 rings (SSSR count). The summed E-state index contributed by atoms with van der Waals surface area (Å²) < 4.78 is 5.16. The van der Waals surface area contributed by atoms with Gasteiger partial charge in [-0.15, -0.1) is 0 Å². The summed E-state index contributed by atoms with van der Waals surface area (Å²) in [6.45, 7) is 3.00. The average molecular weight is 120 g/mol. The first-order valence-electron chi connectivity index (χ1n) is 2.49. The summed E-state index contributed by atoms with van der Waals surface area (Å²) in [5.41, 5.74) is 1.41. The molecule has 0 amide bonds. The highest BCUT2D eigenvalue weighted by molar-refractivity contribution is 6.41. The highest BCUT2D eigenvalue weighted by Gasteiger charge is 1.75. The van der Waals surface area contributed by atoms with Crippen LogP contribution in [0, 0.1) is 0 Å². The molecule has 0 aliphatic carbocycles. The summed E-state index contributed by atoms with van der Waals surface area (Å²) in [4.78, 5) is 0. The Morgan fingerprint density at radius 1 is 1.83 bits per heavy atom. The minimum Gasteiger partial charge on any atom is -0.425 e. The highest BCUT2D eigenvalue weighted by atomic mass is 28.3. The minimum atomic E-state index is -0.0166. The van der Waals surface area contributed by atoms with E-state index in [1.165, 1.54) is 15.9 Å². The standard InChI is InChI=1S/C3H12OSi2/c1-2-4-6-3-5/h2-3,6H2,1,5H3. The second-order valence-electron chi connectivity index (χ2n) is 1.20. The van der Waals surface area contributed by atoms with Crippen LogP contribution in [0.3, 0.4) is 0 Å². The van der Waals surface area contributed by atoms with Crippen molar-refractivity contribution in [2.75, 3.05) is 6.61 Å². The normalized spacial score (nSPS) is 11.5. The first kappa shape index (κ1) is 6.39. The van der Waals surface area contributed by atoms with E-state index in [2.05, 4.69) is 6.92 Å². The van der Waals surface area contributed by atoms with Crippen LogP contribution in [0.2, 0.25) is 5.67 Å². The summed E-state index contributed by atoms with van der Waals surface area (Å²) in [5.74, 6) is 0. The van der Waals surface area contributed by atoms with Crippen LogP contribution >= 0.6 is 0 Å². The minimum absolute atomic E-state index is 0.0166. The summed E-state index contributed by atoms with van der Waals surface area (Å²) >= 11 is 0. The van der Waals surface area contributed by atoms with Gasteiger partial charge in [-0.25, -0.2) is 0 Å². The van der Waals surface area contributed by atoms with Crippen LogP contribution in [-0.4, -0.2) is 26.6 Å². The van der Waals surface area contributed by atoms with E-state index in [0.29, 0.717) is 0 Å². The van der Waals surface area contributed by atoms with Crippen molar-refractivity contribution >= 4 is 20.0 Å². The lowest BCUT2D eigenvalue weighted by Gasteiger charge is -1.90.